The van der Waals surface area contributed by atoms with Crippen molar-refractivity contribution in [1.82, 2.24) is 5.32 Å². The zero-order valence-corrected chi connectivity index (χ0v) is 8.39. The molecule has 0 fully saturated rings. The summed E-state index contributed by atoms with van der Waals surface area (Å²) in [5.74, 6) is -0.248. The summed E-state index contributed by atoms with van der Waals surface area (Å²) >= 11 is 0. The van der Waals surface area contributed by atoms with E-state index in [4.69, 9.17) is 0 Å². The third-order valence-corrected chi connectivity index (χ3v) is 1.54. The molecule has 1 nitrogen and oxygen atoms in total. The van der Waals surface area contributed by atoms with Crippen LogP contribution in [0.1, 0.15) is 13.8 Å². The molecule has 0 aromatic rings. The summed E-state index contributed by atoms with van der Waals surface area (Å²) in [6.07, 6.45) is 6.59. The standard InChI is InChI=1S/C11H16FN/c1-5-7-9(3)11(12)10(6-2)8-13-4/h5-8,13H,2H2,1,3-4H3/b7-5-,10-8+,11-9+. The molecule has 0 aromatic heterocycles. The van der Waals surface area contributed by atoms with Crippen molar-refractivity contribution in [3.05, 3.63) is 48.0 Å². The van der Waals surface area contributed by atoms with E-state index in [9.17, 15) is 4.39 Å². The van der Waals surface area contributed by atoms with Crippen LogP contribution in [0.2, 0.25) is 0 Å². The van der Waals surface area contributed by atoms with Gasteiger partial charge in [0.05, 0.1) is 0 Å². The predicted octanol–water partition coefficient (Wildman–Crippen LogP) is 3.10. The number of hydrogen-bond acceptors (Lipinski definition) is 1. The van der Waals surface area contributed by atoms with E-state index in [2.05, 4.69) is 11.9 Å². The summed E-state index contributed by atoms with van der Waals surface area (Å²) in [6.45, 7) is 7.11. The first kappa shape index (κ1) is 11.7. The monoisotopic (exact) mass is 181 g/mol. The van der Waals surface area contributed by atoms with Crippen LogP contribution in [0.5, 0.6) is 0 Å². The smallest absolute Gasteiger partial charge is 0.134 e. The molecule has 0 atom stereocenters. The van der Waals surface area contributed by atoms with Gasteiger partial charge in [-0.2, -0.15) is 0 Å². The maximum atomic E-state index is 13.5. The maximum Gasteiger partial charge on any atom is 0.134 e. The highest BCUT2D eigenvalue weighted by atomic mass is 19.1. The summed E-state index contributed by atoms with van der Waals surface area (Å²) in [5.41, 5.74) is 1.07. The zero-order valence-electron chi connectivity index (χ0n) is 8.39. The number of halogens is 1. The van der Waals surface area contributed by atoms with Crippen molar-refractivity contribution in [2.45, 2.75) is 13.8 Å². The minimum absolute atomic E-state index is 0.248. The molecule has 0 aliphatic carbocycles. The van der Waals surface area contributed by atoms with Crippen LogP contribution in [0, 0.1) is 0 Å². The molecular weight excluding hydrogens is 165 g/mol. The average Bonchev–Trinajstić information content (AvgIpc) is 2.13. The highest BCUT2D eigenvalue weighted by Crippen LogP contribution is 2.17. The Morgan fingerprint density at radius 2 is 2.08 bits per heavy atom. The van der Waals surface area contributed by atoms with E-state index in [1.807, 2.05) is 6.92 Å². The fourth-order valence-electron chi connectivity index (χ4n) is 0.918. The zero-order chi connectivity index (χ0) is 10.3. The summed E-state index contributed by atoms with van der Waals surface area (Å²) in [5, 5.41) is 2.77. The van der Waals surface area contributed by atoms with Gasteiger partial charge in [-0.25, -0.2) is 4.39 Å². The van der Waals surface area contributed by atoms with Gasteiger partial charge in [-0.1, -0.05) is 24.8 Å². The number of nitrogens with one attached hydrogen (secondary N) is 1. The van der Waals surface area contributed by atoms with Crippen LogP contribution >= 0.6 is 0 Å². The lowest BCUT2D eigenvalue weighted by atomic mass is 10.1. The average molecular weight is 181 g/mol. The normalized spacial score (nSPS) is 14.3. The Bertz CT molecular complexity index is 259. The Morgan fingerprint density at radius 1 is 1.46 bits per heavy atom. The van der Waals surface area contributed by atoms with E-state index in [0.717, 1.165) is 0 Å². The molecule has 2 heteroatoms. The molecule has 72 valence electrons. The lowest BCUT2D eigenvalue weighted by Crippen LogP contribution is -1.96. The molecule has 0 rings (SSSR count). The maximum absolute atomic E-state index is 13.5. The highest BCUT2D eigenvalue weighted by Gasteiger charge is 2.02. The first-order chi connectivity index (χ1) is 6.17. The Kier molecular flexibility index (Phi) is 5.60. The largest absolute Gasteiger partial charge is 0.393 e. The fraction of sp³-hybridized carbons (Fsp3) is 0.273. The SMILES string of the molecule is C=CC(=C\NC)/C(F)=C(C)\C=C/C. The molecule has 0 heterocycles. The van der Waals surface area contributed by atoms with E-state index >= 15 is 0 Å². The Balaban J connectivity index is 4.92. The lowest BCUT2D eigenvalue weighted by molar-refractivity contribution is 0.646. The second-order valence-corrected chi connectivity index (χ2v) is 2.59. The van der Waals surface area contributed by atoms with Gasteiger partial charge in [-0.15, -0.1) is 0 Å². The molecule has 0 aromatic carbocycles. The van der Waals surface area contributed by atoms with E-state index in [0.29, 0.717) is 11.1 Å². The Labute approximate surface area is 79.3 Å². The molecule has 0 aliphatic heterocycles. The summed E-state index contributed by atoms with van der Waals surface area (Å²) < 4.78 is 13.5. The van der Waals surface area contributed by atoms with Crippen LogP contribution in [0.3, 0.4) is 0 Å². The molecule has 0 saturated carbocycles. The number of hydrogen-bond donors (Lipinski definition) is 1. The Morgan fingerprint density at radius 3 is 2.46 bits per heavy atom. The first-order valence-corrected chi connectivity index (χ1v) is 4.16. The van der Waals surface area contributed by atoms with Gasteiger partial charge in [0.25, 0.3) is 0 Å². The van der Waals surface area contributed by atoms with E-state index in [1.165, 1.54) is 6.08 Å². The summed E-state index contributed by atoms with van der Waals surface area (Å²) in [7, 11) is 1.72. The van der Waals surface area contributed by atoms with Crippen LogP contribution in [-0.2, 0) is 0 Å². The molecule has 13 heavy (non-hydrogen) atoms. The van der Waals surface area contributed by atoms with Crippen molar-refractivity contribution in [2.24, 2.45) is 0 Å². The van der Waals surface area contributed by atoms with Gasteiger partial charge in [0.1, 0.15) is 5.83 Å². The quantitative estimate of drug-likeness (QED) is 0.657. The van der Waals surface area contributed by atoms with Gasteiger partial charge < -0.3 is 5.32 Å². The van der Waals surface area contributed by atoms with Gasteiger partial charge >= 0.3 is 0 Å². The van der Waals surface area contributed by atoms with Crippen LogP contribution < -0.4 is 5.32 Å². The van der Waals surface area contributed by atoms with Crippen molar-refractivity contribution in [1.29, 1.82) is 0 Å². The topological polar surface area (TPSA) is 12.0 Å². The van der Waals surface area contributed by atoms with Crippen LogP contribution in [0.15, 0.2) is 48.0 Å². The van der Waals surface area contributed by atoms with E-state index in [1.54, 1.807) is 32.3 Å². The Hall–Kier alpha value is -1.31. The molecule has 0 amide bonds. The van der Waals surface area contributed by atoms with Crippen LogP contribution in [-0.4, -0.2) is 7.05 Å². The molecule has 0 aliphatic rings. The van der Waals surface area contributed by atoms with Crippen molar-refractivity contribution >= 4 is 0 Å². The second-order valence-electron chi connectivity index (χ2n) is 2.59. The second kappa shape index (κ2) is 6.23. The molecule has 0 spiro atoms. The van der Waals surface area contributed by atoms with Gasteiger partial charge in [0.2, 0.25) is 0 Å². The van der Waals surface area contributed by atoms with Gasteiger partial charge in [0.15, 0.2) is 0 Å². The van der Waals surface area contributed by atoms with Crippen LogP contribution in [0.25, 0.3) is 0 Å². The van der Waals surface area contributed by atoms with E-state index in [-0.39, 0.29) is 5.83 Å². The molecule has 1 N–H and O–H groups in total. The third-order valence-electron chi connectivity index (χ3n) is 1.54. The van der Waals surface area contributed by atoms with Gasteiger partial charge in [-0.3, -0.25) is 0 Å². The van der Waals surface area contributed by atoms with Gasteiger partial charge in [0, 0.05) is 18.8 Å². The van der Waals surface area contributed by atoms with E-state index < -0.39 is 0 Å². The predicted molar refractivity (Wildman–Crippen MR) is 56.0 cm³/mol. The third kappa shape index (κ3) is 3.74. The van der Waals surface area contributed by atoms with Crippen molar-refractivity contribution < 1.29 is 4.39 Å². The molecule has 0 unspecified atom stereocenters. The molecular formula is C11H16FN. The van der Waals surface area contributed by atoms with Crippen LogP contribution in [0.4, 0.5) is 4.39 Å². The minimum atomic E-state index is -0.248. The number of rotatable bonds is 4. The number of allylic oxidation sites excluding steroid dienone is 6. The summed E-state index contributed by atoms with van der Waals surface area (Å²) in [4.78, 5) is 0. The van der Waals surface area contributed by atoms with Crippen molar-refractivity contribution in [3.63, 3.8) is 0 Å². The highest BCUT2D eigenvalue weighted by molar-refractivity contribution is 5.40. The molecule has 0 bridgehead atoms. The molecule has 0 saturated heterocycles. The lowest BCUT2D eigenvalue weighted by Gasteiger charge is -2.01. The minimum Gasteiger partial charge on any atom is -0.393 e. The van der Waals surface area contributed by atoms with Crippen molar-refractivity contribution in [2.75, 3.05) is 7.05 Å². The van der Waals surface area contributed by atoms with Crippen molar-refractivity contribution in [3.8, 4) is 0 Å². The van der Waals surface area contributed by atoms with Gasteiger partial charge in [-0.05, 0) is 19.4 Å². The molecule has 0 radical (unpaired) electrons. The first-order valence-electron chi connectivity index (χ1n) is 4.16. The fourth-order valence-corrected chi connectivity index (χ4v) is 0.918. The summed E-state index contributed by atoms with van der Waals surface area (Å²) in [6, 6.07) is 0.